The number of nitrogens with zero attached hydrogens (tertiary/aromatic N) is 3. The minimum atomic E-state index is -0.866. The fraction of sp³-hybridized carbons (Fsp3) is 0.267. The molecule has 2 aromatic carbocycles. The molecule has 0 aliphatic carbocycles. The SMILES string of the molecule is CC.O=C(NC(Cc1cc(F)ccc1F)CN1C(=O)c2ccccc2C1=O)c1cc2c(s1)CCCn1ncc(Br)c1-2. The van der Waals surface area contributed by atoms with Gasteiger partial charge < -0.3 is 5.32 Å². The molecule has 7 nitrogen and oxygen atoms in total. The molecule has 41 heavy (non-hydrogen) atoms. The van der Waals surface area contributed by atoms with Crippen LogP contribution in [0.5, 0.6) is 0 Å². The first-order chi connectivity index (χ1) is 19.8. The molecule has 0 fully saturated rings. The number of amides is 3. The third-order valence-electron chi connectivity index (χ3n) is 6.95. The van der Waals surface area contributed by atoms with Gasteiger partial charge in [-0.1, -0.05) is 26.0 Å². The van der Waals surface area contributed by atoms with Gasteiger partial charge in [0.25, 0.3) is 17.7 Å². The van der Waals surface area contributed by atoms with Crippen LogP contribution >= 0.6 is 27.3 Å². The second-order valence-corrected chi connectivity index (χ2v) is 11.5. The summed E-state index contributed by atoms with van der Waals surface area (Å²) in [6.45, 7) is 4.57. The van der Waals surface area contributed by atoms with Crippen LogP contribution in [0.3, 0.4) is 0 Å². The van der Waals surface area contributed by atoms with Gasteiger partial charge in [-0.2, -0.15) is 5.10 Å². The van der Waals surface area contributed by atoms with Crippen molar-refractivity contribution in [3.8, 4) is 11.3 Å². The molecular formula is C30H27BrF2N4O3S. The lowest BCUT2D eigenvalue weighted by molar-refractivity contribution is 0.0629. The van der Waals surface area contributed by atoms with Crippen LogP contribution in [0.15, 0.2) is 59.2 Å². The molecule has 2 aliphatic rings. The second-order valence-electron chi connectivity index (χ2n) is 9.49. The molecule has 2 aromatic heterocycles. The molecule has 6 rings (SSSR count). The Hall–Kier alpha value is -3.70. The van der Waals surface area contributed by atoms with Crippen molar-refractivity contribution in [3.63, 3.8) is 0 Å². The van der Waals surface area contributed by atoms with Crippen LogP contribution in [0.25, 0.3) is 11.3 Å². The largest absolute Gasteiger partial charge is 0.346 e. The van der Waals surface area contributed by atoms with Gasteiger partial charge in [-0.05, 0) is 77.2 Å². The van der Waals surface area contributed by atoms with E-state index in [0.29, 0.717) is 4.88 Å². The summed E-state index contributed by atoms with van der Waals surface area (Å²) in [4.78, 5) is 42.1. The molecule has 0 radical (unpaired) electrons. The van der Waals surface area contributed by atoms with Crippen molar-refractivity contribution >= 4 is 45.0 Å². The number of aromatic nitrogens is 2. The Bertz CT molecular complexity index is 1620. The number of aryl methyl sites for hydroxylation is 2. The maximum atomic E-state index is 14.6. The maximum absolute atomic E-state index is 14.6. The lowest BCUT2D eigenvalue weighted by Gasteiger charge is -2.24. The number of thiophene rings is 1. The van der Waals surface area contributed by atoms with Crippen LogP contribution in [0.4, 0.5) is 8.78 Å². The average molecular weight is 642 g/mol. The highest BCUT2D eigenvalue weighted by Gasteiger charge is 2.37. The van der Waals surface area contributed by atoms with E-state index in [2.05, 4.69) is 26.3 Å². The highest BCUT2D eigenvalue weighted by Crippen LogP contribution is 2.38. The third-order valence-corrected chi connectivity index (χ3v) is 8.72. The summed E-state index contributed by atoms with van der Waals surface area (Å²) in [6.07, 6.45) is 3.27. The number of imide groups is 1. The van der Waals surface area contributed by atoms with Gasteiger partial charge in [0.2, 0.25) is 0 Å². The Balaban J connectivity index is 0.00000165. The van der Waals surface area contributed by atoms with Crippen LogP contribution in [-0.4, -0.2) is 45.0 Å². The van der Waals surface area contributed by atoms with Crippen molar-refractivity contribution in [2.75, 3.05) is 6.54 Å². The Morgan fingerprint density at radius 3 is 2.49 bits per heavy atom. The molecule has 3 amide bonds. The number of hydrogen-bond acceptors (Lipinski definition) is 5. The monoisotopic (exact) mass is 640 g/mol. The van der Waals surface area contributed by atoms with Gasteiger partial charge in [-0.3, -0.25) is 24.0 Å². The van der Waals surface area contributed by atoms with Gasteiger partial charge in [0, 0.05) is 23.5 Å². The van der Waals surface area contributed by atoms with Gasteiger partial charge in [0.1, 0.15) is 11.6 Å². The predicted octanol–water partition coefficient (Wildman–Crippen LogP) is 6.26. The molecule has 1 unspecified atom stereocenters. The number of rotatable bonds is 6. The molecule has 1 N–H and O–H groups in total. The lowest BCUT2D eigenvalue weighted by atomic mass is 10.0. The van der Waals surface area contributed by atoms with E-state index in [1.807, 2.05) is 18.5 Å². The number of halogens is 3. The Labute approximate surface area is 248 Å². The smallest absolute Gasteiger partial charge is 0.261 e. The number of nitrogens with one attached hydrogen (secondary N) is 1. The molecule has 0 saturated carbocycles. The van der Waals surface area contributed by atoms with E-state index < -0.39 is 35.4 Å². The first-order valence-electron chi connectivity index (χ1n) is 13.3. The summed E-state index contributed by atoms with van der Waals surface area (Å²) in [5, 5.41) is 7.29. The Morgan fingerprint density at radius 2 is 1.78 bits per heavy atom. The van der Waals surface area contributed by atoms with Gasteiger partial charge in [0.15, 0.2) is 0 Å². The highest BCUT2D eigenvalue weighted by atomic mass is 79.9. The maximum Gasteiger partial charge on any atom is 0.261 e. The standard InChI is InChI=1S/C28H21BrF2N4O3S.C2H6/c29-21-13-32-35-9-3-6-23-20(25(21)35)12-24(39-23)26(36)33-17(11-15-10-16(30)7-8-22(15)31)14-34-27(37)18-4-1-2-5-19(18)28(34)38;1-2/h1-2,4-5,7-8,10,12-13,17H,3,6,9,11,14H2,(H,33,36);1-2H3. The minimum absolute atomic E-state index is 0.0340. The van der Waals surface area contributed by atoms with Gasteiger partial charge in [0.05, 0.1) is 38.4 Å². The van der Waals surface area contributed by atoms with Crippen molar-refractivity contribution in [1.29, 1.82) is 0 Å². The van der Waals surface area contributed by atoms with Crippen molar-refractivity contribution < 1.29 is 23.2 Å². The Morgan fingerprint density at radius 1 is 1.07 bits per heavy atom. The second kappa shape index (κ2) is 12.0. The molecular weight excluding hydrogens is 614 g/mol. The van der Waals surface area contributed by atoms with E-state index in [4.69, 9.17) is 0 Å². The zero-order chi connectivity index (χ0) is 29.3. The molecule has 4 heterocycles. The minimum Gasteiger partial charge on any atom is -0.346 e. The van der Waals surface area contributed by atoms with Crippen molar-refractivity contribution in [2.45, 2.75) is 45.7 Å². The summed E-state index contributed by atoms with van der Waals surface area (Å²) in [5.41, 5.74) is 2.40. The van der Waals surface area contributed by atoms with E-state index in [9.17, 15) is 23.2 Å². The van der Waals surface area contributed by atoms with Crippen molar-refractivity contribution in [1.82, 2.24) is 20.0 Å². The first kappa shape index (κ1) is 28.8. The molecule has 0 bridgehead atoms. The van der Waals surface area contributed by atoms with E-state index in [0.717, 1.165) is 63.1 Å². The molecule has 0 saturated heterocycles. The fourth-order valence-corrected chi connectivity index (χ4v) is 6.74. The molecule has 1 atom stereocenters. The number of fused-ring (bicyclic) bond motifs is 4. The van der Waals surface area contributed by atoms with E-state index in [1.54, 1.807) is 36.5 Å². The zero-order valence-corrected chi connectivity index (χ0v) is 24.8. The quantitative estimate of drug-likeness (QED) is 0.252. The van der Waals surface area contributed by atoms with E-state index >= 15 is 0 Å². The van der Waals surface area contributed by atoms with Crippen LogP contribution in [0.2, 0.25) is 0 Å². The number of carbonyl (C=O) groups excluding carboxylic acids is 3. The molecule has 0 spiro atoms. The van der Waals surface area contributed by atoms with Crippen molar-refractivity contribution in [2.24, 2.45) is 0 Å². The zero-order valence-electron chi connectivity index (χ0n) is 22.4. The summed E-state index contributed by atoms with van der Waals surface area (Å²) < 4.78 is 31.3. The predicted molar refractivity (Wildman–Crippen MR) is 156 cm³/mol. The molecule has 11 heteroatoms. The fourth-order valence-electron chi connectivity index (χ4n) is 5.12. The van der Waals surface area contributed by atoms with Gasteiger partial charge >= 0.3 is 0 Å². The van der Waals surface area contributed by atoms with Crippen LogP contribution < -0.4 is 5.32 Å². The summed E-state index contributed by atoms with van der Waals surface area (Å²) in [5.74, 6) is -2.67. The van der Waals surface area contributed by atoms with Gasteiger partial charge in [-0.15, -0.1) is 11.3 Å². The summed E-state index contributed by atoms with van der Waals surface area (Å²) >= 11 is 4.91. The van der Waals surface area contributed by atoms with E-state index in [1.165, 1.54) is 11.3 Å². The number of carbonyl (C=O) groups is 3. The van der Waals surface area contributed by atoms with Crippen LogP contribution in [-0.2, 0) is 19.4 Å². The number of benzene rings is 2. The Kier molecular flexibility index (Phi) is 8.46. The third kappa shape index (κ3) is 5.60. The summed E-state index contributed by atoms with van der Waals surface area (Å²) in [6, 6.07) is 10.5. The van der Waals surface area contributed by atoms with Gasteiger partial charge in [-0.25, -0.2) is 8.78 Å². The molecule has 2 aliphatic heterocycles. The molecule has 212 valence electrons. The van der Waals surface area contributed by atoms with Crippen LogP contribution in [0, 0.1) is 11.6 Å². The average Bonchev–Trinajstić information content (AvgIpc) is 3.59. The lowest BCUT2D eigenvalue weighted by Crippen LogP contribution is -2.47. The summed E-state index contributed by atoms with van der Waals surface area (Å²) in [7, 11) is 0. The highest BCUT2D eigenvalue weighted by molar-refractivity contribution is 9.10. The van der Waals surface area contributed by atoms with Crippen LogP contribution in [0.1, 0.15) is 61.1 Å². The van der Waals surface area contributed by atoms with Crippen molar-refractivity contribution in [3.05, 3.63) is 97.3 Å². The molecule has 4 aromatic rings. The van der Waals surface area contributed by atoms with E-state index in [-0.39, 0.29) is 29.7 Å². The topological polar surface area (TPSA) is 84.3 Å². The normalized spacial score (nSPS) is 14.4. The number of hydrogen-bond donors (Lipinski definition) is 1. The first-order valence-corrected chi connectivity index (χ1v) is 15.0.